The van der Waals surface area contributed by atoms with Gasteiger partial charge in [0.25, 0.3) is 5.91 Å². The number of rotatable bonds is 6. The second-order valence-corrected chi connectivity index (χ2v) is 8.28. The molecule has 0 aliphatic rings. The van der Waals surface area contributed by atoms with Crippen LogP contribution >= 0.6 is 23.2 Å². The molecule has 0 saturated carbocycles. The third-order valence-corrected chi connectivity index (χ3v) is 5.96. The van der Waals surface area contributed by atoms with E-state index in [1.54, 1.807) is 0 Å². The Morgan fingerprint density at radius 3 is 2.42 bits per heavy atom. The molecule has 174 valence electrons. The van der Waals surface area contributed by atoms with Gasteiger partial charge in [0.2, 0.25) is 5.91 Å². The number of fused-ring (bicyclic) bond motifs is 1. The average Bonchev–Trinajstić information content (AvgIpc) is 3.02. The normalized spacial score (nSPS) is 12.1. The van der Waals surface area contributed by atoms with E-state index >= 15 is 0 Å². The van der Waals surface area contributed by atoms with Gasteiger partial charge in [0.15, 0.2) is 17.4 Å². The van der Waals surface area contributed by atoms with Crippen LogP contribution in [0.1, 0.15) is 28.5 Å². The fraction of sp³-hybridized carbons (Fsp3) is 0.227. The lowest BCUT2D eigenvalue weighted by atomic mass is 10.1. The highest BCUT2D eigenvalue weighted by Crippen LogP contribution is 2.36. The summed E-state index contributed by atoms with van der Waals surface area (Å²) in [5.41, 5.74) is 0.0424. The van der Waals surface area contributed by atoms with E-state index in [0.717, 1.165) is 10.6 Å². The van der Waals surface area contributed by atoms with Crippen LogP contribution < -0.4 is 5.32 Å². The van der Waals surface area contributed by atoms with Crippen LogP contribution in [-0.4, -0.2) is 39.1 Å². The lowest BCUT2D eigenvalue weighted by Crippen LogP contribution is -2.32. The van der Waals surface area contributed by atoms with Crippen molar-refractivity contribution in [2.24, 2.45) is 5.92 Å². The number of halogens is 4. The van der Waals surface area contributed by atoms with Crippen molar-refractivity contribution in [1.82, 2.24) is 9.88 Å². The molecule has 1 unspecified atom stereocenters. The summed E-state index contributed by atoms with van der Waals surface area (Å²) in [5, 5.41) is 21.2. The van der Waals surface area contributed by atoms with Crippen LogP contribution in [0, 0.1) is 24.5 Å². The monoisotopic (exact) mass is 498 g/mol. The number of hydrogen-bond acceptors (Lipinski definition) is 4. The molecule has 0 fully saturated rings. The summed E-state index contributed by atoms with van der Waals surface area (Å²) >= 11 is 11.9. The number of carbonyl (C=O) groups excluding carboxylic acids is 2. The molecule has 33 heavy (non-hydrogen) atoms. The second-order valence-electron chi connectivity index (χ2n) is 7.47. The Labute approximate surface area is 196 Å². The standard InChI is InChI=1S/C22H18Cl2F2N2O5/c1-9(22(32)33)8-27-17(29)6-12-10(2)28(16-7-15(25)20(30)19(26)18(12)16)21(31)11-3-4-13(23)14(24)5-11/h3-5,7,9,30H,6,8H2,1-2H3,(H,27,29)(H,32,33). The Kier molecular flexibility index (Phi) is 6.94. The van der Waals surface area contributed by atoms with Crippen LogP contribution in [0.5, 0.6) is 5.75 Å². The summed E-state index contributed by atoms with van der Waals surface area (Å²) in [7, 11) is 0. The number of carbonyl (C=O) groups is 3. The van der Waals surface area contributed by atoms with E-state index in [-0.39, 0.29) is 44.3 Å². The molecule has 11 heteroatoms. The first-order chi connectivity index (χ1) is 15.4. The van der Waals surface area contributed by atoms with E-state index < -0.39 is 47.5 Å². The molecule has 2 aromatic carbocycles. The molecule has 1 heterocycles. The summed E-state index contributed by atoms with van der Waals surface area (Å²) in [4.78, 5) is 36.6. The third kappa shape index (κ3) is 4.65. The Morgan fingerprint density at radius 2 is 1.82 bits per heavy atom. The van der Waals surface area contributed by atoms with Crippen molar-refractivity contribution >= 4 is 51.9 Å². The Balaban J connectivity index is 2.12. The maximum absolute atomic E-state index is 14.9. The van der Waals surface area contributed by atoms with Gasteiger partial charge in [-0.15, -0.1) is 0 Å². The number of carboxylic acid groups (broad SMARTS) is 1. The molecule has 3 aromatic rings. The van der Waals surface area contributed by atoms with E-state index in [0.29, 0.717) is 0 Å². The Hall–Kier alpha value is -3.17. The SMILES string of the molecule is Cc1c(CC(=O)NCC(C)C(=O)O)c2c(F)c(O)c(F)cc2n1C(=O)c1ccc(Cl)c(Cl)c1. The number of nitrogens with one attached hydrogen (secondary N) is 1. The number of benzene rings is 2. The minimum atomic E-state index is -1.32. The van der Waals surface area contributed by atoms with Gasteiger partial charge in [0.05, 0.1) is 27.9 Å². The molecule has 1 amide bonds. The van der Waals surface area contributed by atoms with Crippen molar-refractivity contribution < 1.29 is 33.4 Å². The molecule has 0 spiro atoms. The minimum absolute atomic E-state index is 0.0340. The summed E-state index contributed by atoms with van der Waals surface area (Å²) in [6.07, 6.45) is -0.446. The lowest BCUT2D eigenvalue weighted by molar-refractivity contribution is -0.141. The zero-order valence-corrected chi connectivity index (χ0v) is 18.9. The Morgan fingerprint density at radius 1 is 1.15 bits per heavy atom. The molecule has 0 aliphatic heterocycles. The minimum Gasteiger partial charge on any atom is -0.503 e. The second kappa shape index (κ2) is 9.36. The highest BCUT2D eigenvalue weighted by Gasteiger charge is 2.27. The van der Waals surface area contributed by atoms with E-state index in [9.17, 15) is 28.3 Å². The van der Waals surface area contributed by atoms with Gasteiger partial charge < -0.3 is 15.5 Å². The van der Waals surface area contributed by atoms with Crippen molar-refractivity contribution in [2.45, 2.75) is 20.3 Å². The highest BCUT2D eigenvalue weighted by atomic mass is 35.5. The largest absolute Gasteiger partial charge is 0.503 e. The maximum atomic E-state index is 14.9. The molecule has 0 saturated heterocycles. The van der Waals surface area contributed by atoms with Crippen molar-refractivity contribution in [3.05, 3.63) is 62.8 Å². The molecular formula is C22H18Cl2F2N2O5. The summed E-state index contributed by atoms with van der Waals surface area (Å²) in [6, 6.07) is 4.87. The van der Waals surface area contributed by atoms with Gasteiger partial charge in [-0.25, -0.2) is 8.78 Å². The molecule has 7 nitrogen and oxygen atoms in total. The molecule has 0 aliphatic carbocycles. The summed E-state index contributed by atoms with van der Waals surface area (Å²) < 4.78 is 30.1. The van der Waals surface area contributed by atoms with Crippen LogP contribution in [0.25, 0.3) is 10.9 Å². The molecule has 3 N–H and O–H groups in total. The number of amides is 1. The van der Waals surface area contributed by atoms with Crippen molar-refractivity contribution in [1.29, 1.82) is 0 Å². The van der Waals surface area contributed by atoms with Gasteiger partial charge >= 0.3 is 5.97 Å². The van der Waals surface area contributed by atoms with Crippen molar-refractivity contribution in [3.63, 3.8) is 0 Å². The summed E-state index contributed by atoms with van der Waals surface area (Å²) in [5.74, 6) is -7.16. The van der Waals surface area contributed by atoms with E-state index in [4.69, 9.17) is 28.3 Å². The van der Waals surface area contributed by atoms with Gasteiger partial charge in [0, 0.05) is 29.3 Å². The van der Waals surface area contributed by atoms with Gasteiger partial charge in [-0.1, -0.05) is 30.1 Å². The summed E-state index contributed by atoms with van der Waals surface area (Å²) in [6.45, 7) is 2.67. The molecule has 1 aromatic heterocycles. The number of aliphatic carboxylic acids is 1. The third-order valence-electron chi connectivity index (χ3n) is 5.22. The van der Waals surface area contributed by atoms with E-state index in [1.165, 1.54) is 32.0 Å². The Bertz CT molecular complexity index is 1310. The van der Waals surface area contributed by atoms with Gasteiger partial charge in [0.1, 0.15) is 0 Å². The van der Waals surface area contributed by atoms with E-state index in [1.807, 2.05) is 0 Å². The predicted molar refractivity (Wildman–Crippen MR) is 118 cm³/mol. The van der Waals surface area contributed by atoms with E-state index in [2.05, 4.69) is 5.32 Å². The number of aromatic nitrogens is 1. The number of aromatic hydroxyl groups is 1. The number of nitrogens with zero attached hydrogens (tertiary/aromatic N) is 1. The van der Waals surface area contributed by atoms with Gasteiger partial charge in [-0.05, 0) is 30.7 Å². The van der Waals surface area contributed by atoms with Crippen LogP contribution in [0.4, 0.5) is 8.78 Å². The molecule has 0 radical (unpaired) electrons. The number of hydrogen-bond donors (Lipinski definition) is 3. The van der Waals surface area contributed by atoms with Gasteiger partial charge in [-0.3, -0.25) is 19.0 Å². The van der Waals surface area contributed by atoms with Crippen LogP contribution in [0.2, 0.25) is 10.0 Å². The van der Waals surface area contributed by atoms with Crippen molar-refractivity contribution in [3.8, 4) is 5.75 Å². The first-order valence-electron chi connectivity index (χ1n) is 9.64. The molecule has 1 atom stereocenters. The zero-order chi connectivity index (χ0) is 24.6. The van der Waals surface area contributed by atoms with Crippen LogP contribution in [0.15, 0.2) is 24.3 Å². The molecular weight excluding hydrogens is 481 g/mol. The number of phenolic OH excluding ortho intramolecular Hbond substituents is 1. The lowest BCUT2D eigenvalue weighted by Gasteiger charge is -2.10. The number of carboxylic acids is 1. The first-order valence-corrected chi connectivity index (χ1v) is 10.4. The maximum Gasteiger partial charge on any atom is 0.308 e. The van der Waals surface area contributed by atoms with Gasteiger partial charge in [-0.2, -0.15) is 0 Å². The van der Waals surface area contributed by atoms with Crippen molar-refractivity contribution in [2.75, 3.05) is 6.54 Å². The first kappa shape index (κ1) is 24.5. The predicted octanol–water partition coefficient (Wildman–Crippen LogP) is 4.31. The average molecular weight is 499 g/mol. The molecule has 0 bridgehead atoms. The number of phenols is 1. The smallest absolute Gasteiger partial charge is 0.308 e. The molecule has 3 rings (SSSR count). The highest BCUT2D eigenvalue weighted by molar-refractivity contribution is 6.42. The quantitative estimate of drug-likeness (QED) is 0.469. The fourth-order valence-electron chi connectivity index (χ4n) is 3.37. The zero-order valence-electron chi connectivity index (χ0n) is 17.4. The van der Waals surface area contributed by atoms with Crippen LogP contribution in [-0.2, 0) is 16.0 Å². The topological polar surface area (TPSA) is 109 Å². The fourth-order valence-corrected chi connectivity index (χ4v) is 3.67. The van der Waals surface area contributed by atoms with Crippen LogP contribution in [0.3, 0.4) is 0 Å².